The molecule has 8 nitrogen and oxygen atoms in total. The van der Waals surface area contributed by atoms with E-state index in [4.69, 9.17) is 9.15 Å². The number of nitrogens with zero attached hydrogens (tertiary/aromatic N) is 3. The highest BCUT2D eigenvalue weighted by Gasteiger charge is 2.23. The Kier molecular flexibility index (Phi) is 9.89. The third kappa shape index (κ3) is 8.16. The normalized spacial score (nSPS) is 13.7. The number of furan rings is 1. The zero-order chi connectivity index (χ0) is 26.7. The predicted octanol–water partition coefficient (Wildman–Crippen LogP) is 4.51. The van der Waals surface area contributed by atoms with Crippen LogP contribution in [0.5, 0.6) is 0 Å². The highest BCUT2D eigenvalue weighted by atomic mass is 19.1. The zero-order valence-corrected chi connectivity index (χ0v) is 21.8. The number of carbonyl (C=O) groups is 2. The SMILES string of the molecule is Cc1ccccc1NC(=O)N(CCCN1CCOCC1)CC(=O)N(Cc1ccc(F)cc1)Cc1ccco1. The van der Waals surface area contributed by atoms with Crippen molar-refractivity contribution < 1.29 is 23.1 Å². The van der Waals surface area contributed by atoms with Crippen molar-refractivity contribution in [3.05, 3.63) is 89.6 Å². The van der Waals surface area contributed by atoms with Crippen LogP contribution in [0.4, 0.5) is 14.9 Å². The minimum atomic E-state index is -0.336. The fourth-order valence-corrected chi connectivity index (χ4v) is 4.37. The van der Waals surface area contributed by atoms with Crippen LogP contribution in [-0.4, -0.2) is 72.6 Å². The number of rotatable bonds is 11. The van der Waals surface area contributed by atoms with Gasteiger partial charge in [0, 0.05) is 38.4 Å². The van der Waals surface area contributed by atoms with E-state index in [1.165, 1.54) is 12.1 Å². The largest absolute Gasteiger partial charge is 0.467 e. The minimum Gasteiger partial charge on any atom is -0.467 e. The average molecular weight is 523 g/mol. The van der Waals surface area contributed by atoms with Crippen LogP contribution in [0.15, 0.2) is 71.3 Å². The molecule has 1 saturated heterocycles. The van der Waals surface area contributed by atoms with E-state index in [1.807, 2.05) is 31.2 Å². The zero-order valence-electron chi connectivity index (χ0n) is 21.8. The molecule has 2 heterocycles. The van der Waals surface area contributed by atoms with Gasteiger partial charge >= 0.3 is 6.03 Å². The summed E-state index contributed by atoms with van der Waals surface area (Å²) in [6.45, 7) is 6.72. The number of benzene rings is 2. The fraction of sp³-hybridized carbons (Fsp3) is 0.379. The maximum absolute atomic E-state index is 13.6. The molecule has 1 aliphatic rings. The van der Waals surface area contributed by atoms with Crippen LogP contribution in [0.3, 0.4) is 0 Å². The topological polar surface area (TPSA) is 78.3 Å². The van der Waals surface area contributed by atoms with Crippen LogP contribution < -0.4 is 5.32 Å². The van der Waals surface area contributed by atoms with Crippen LogP contribution in [0, 0.1) is 12.7 Å². The molecule has 0 bridgehead atoms. The molecular formula is C29H35FN4O4. The van der Waals surface area contributed by atoms with E-state index in [2.05, 4.69) is 10.2 Å². The highest BCUT2D eigenvalue weighted by molar-refractivity contribution is 5.93. The molecule has 0 saturated carbocycles. The van der Waals surface area contributed by atoms with E-state index < -0.39 is 0 Å². The number of amides is 3. The Morgan fingerprint density at radius 3 is 2.45 bits per heavy atom. The van der Waals surface area contributed by atoms with Crippen molar-refractivity contribution in [3.8, 4) is 0 Å². The van der Waals surface area contributed by atoms with Crippen LogP contribution in [0.25, 0.3) is 0 Å². The van der Waals surface area contributed by atoms with Crippen molar-refractivity contribution >= 4 is 17.6 Å². The van der Waals surface area contributed by atoms with Crippen LogP contribution in [0.2, 0.25) is 0 Å². The summed E-state index contributed by atoms with van der Waals surface area (Å²) in [5.41, 5.74) is 2.44. The van der Waals surface area contributed by atoms with E-state index in [0.717, 1.165) is 37.2 Å². The van der Waals surface area contributed by atoms with E-state index in [-0.39, 0.29) is 37.4 Å². The van der Waals surface area contributed by atoms with Crippen LogP contribution in [-0.2, 0) is 22.6 Å². The molecule has 0 radical (unpaired) electrons. The summed E-state index contributed by atoms with van der Waals surface area (Å²) in [5, 5.41) is 2.97. The number of morpholine rings is 1. The Morgan fingerprint density at radius 2 is 1.74 bits per heavy atom. The summed E-state index contributed by atoms with van der Waals surface area (Å²) in [4.78, 5) is 32.5. The Bertz CT molecular complexity index is 1160. The molecule has 1 fully saturated rings. The van der Waals surface area contributed by atoms with Gasteiger partial charge in [0.2, 0.25) is 5.91 Å². The molecule has 9 heteroatoms. The molecular weight excluding hydrogens is 487 g/mol. The number of nitrogens with one attached hydrogen (secondary N) is 1. The maximum atomic E-state index is 13.6. The number of halogens is 1. The van der Waals surface area contributed by atoms with Gasteiger partial charge < -0.3 is 24.3 Å². The van der Waals surface area contributed by atoms with Gasteiger partial charge in [-0.3, -0.25) is 9.69 Å². The second-order valence-corrected chi connectivity index (χ2v) is 9.43. The van der Waals surface area contributed by atoms with Gasteiger partial charge in [-0.15, -0.1) is 0 Å². The van der Waals surface area contributed by atoms with Gasteiger partial charge in [0.15, 0.2) is 0 Å². The first kappa shape index (κ1) is 27.3. The summed E-state index contributed by atoms with van der Waals surface area (Å²) in [6, 6.07) is 16.9. The molecule has 1 aromatic heterocycles. The van der Waals surface area contributed by atoms with Crippen molar-refractivity contribution in [1.82, 2.24) is 14.7 Å². The number of hydrogen-bond donors (Lipinski definition) is 1. The van der Waals surface area contributed by atoms with Crippen molar-refractivity contribution in [2.75, 3.05) is 51.3 Å². The van der Waals surface area contributed by atoms with Crippen molar-refractivity contribution in [3.63, 3.8) is 0 Å². The molecule has 38 heavy (non-hydrogen) atoms. The molecule has 0 unspecified atom stereocenters. The summed E-state index contributed by atoms with van der Waals surface area (Å²) in [5.74, 6) is 0.0673. The molecule has 2 aromatic carbocycles. The lowest BCUT2D eigenvalue weighted by Gasteiger charge is -2.30. The number of ether oxygens (including phenoxy) is 1. The molecule has 0 aliphatic carbocycles. The first-order chi connectivity index (χ1) is 18.5. The molecule has 4 rings (SSSR count). The van der Waals surface area contributed by atoms with E-state index in [1.54, 1.807) is 40.3 Å². The van der Waals surface area contributed by atoms with Gasteiger partial charge in [0.25, 0.3) is 0 Å². The van der Waals surface area contributed by atoms with Crippen LogP contribution in [0.1, 0.15) is 23.3 Å². The number of anilines is 1. The Balaban J connectivity index is 1.47. The first-order valence-electron chi connectivity index (χ1n) is 12.9. The van der Waals surface area contributed by atoms with Crippen molar-refractivity contribution in [1.29, 1.82) is 0 Å². The Morgan fingerprint density at radius 1 is 0.974 bits per heavy atom. The minimum absolute atomic E-state index is 0.0945. The Hall–Kier alpha value is -3.69. The van der Waals surface area contributed by atoms with Gasteiger partial charge in [0.05, 0.1) is 26.0 Å². The number of urea groups is 1. The van der Waals surface area contributed by atoms with E-state index in [9.17, 15) is 14.0 Å². The molecule has 0 atom stereocenters. The number of carbonyl (C=O) groups excluding carboxylic acids is 2. The number of aryl methyl sites for hydroxylation is 1. The van der Waals surface area contributed by atoms with Gasteiger partial charge in [0.1, 0.15) is 18.1 Å². The molecule has 3 amide bonds. The second-order valence-electron chi connectivity index (χ2n) is 9.43. The lowest BCUT2D eigenvalue weighted by Crippen LogP contribution is -2.45. The lowest BCUT2D eigenvalue weighted by atomic mass is 10.2. The average Bonchev–Trinajstić information content (AvgIpc) is 3.44. The maximum Gasteiger partial charge on any atom is 0.322 e. The molecule has 202 valence electrons. The fourth-order valence-electron chi connectivity index (χ4n) is 4.37. The summed E-state index contributed by atoms with van der Waals surface area (Å²) in [6.07, 6.45) is 2.29. The smallest absolute Gasteiger partial charge is 0.322 e. The van der Waals surface area contributed by atoms with Gasteiger partial charge in [-0.1, -0.05) is 30.3 Å². The first-order valence-corrected chi connectivity index (χ1v) is 12.9. The molecule has 1 aliphatic heterocycles. The Labute approximate surface area is 223 Å². The third-order valence-electron chi connectivity index (χ3n) is 6.57. The van der Waals surface area contributed by atoms with Crippen molar-refractivity contribution in [2.24, 2.45) is 0 Å². The van der Waals surface area contributed by atoms with E-state index in [0.29, 0.717) is 31.2 Å². The second kappa shape index (κ2) is 13.7. The molecule has 0 spiro atoms. The summed E-state index contributed by atoms with van der Waals surface area (Å²) in [7, 11) is 0. The highest BCUT2D eigenvalue weighted by Crippen LogP contribution is 2.16. The standard InChI is InChI=1S/C29H35FN4O4/c1-23-6-2-3-8-27(23)31-29(36)33(14-5-13-32-15-18-37-19-16-32)22-28(35)34(21-26-7-4-17-38-26)20-24-9-11-25(30)12-10-24/h2-4,6-12,17H,5,13-16,18-22H2,1H3,(H,31,36). The summed E-state index contributed by atoms with van der Waals surface area (Å²) >= 11 is 0. The van der Waals surface area contributed by atoms with Gasteiger partial charge in [-0.25, -0.2) is 9.18 Å². The van der Waals surface area contributed by atoms with Crippen LogP contribution >= 0.6 is 0 Å². The summed E-state index contributed by atoms with van der Waals surface area (Å²) < 4.78 is 24.4. The van der Waals surface area contributed by atoms with E-state index >= 15 is 0 Å². The van der Waals surface area contributed by atoms with Gasteiger partial charge in [-0.05, 0) is 54.8 Å². The predicted molar refractivity (Wildman–Crippen MR) is 143 cm³/mol. The third-order valence-corrected chi connectivity index (χ3v) is 6.57. The van der Waals surface area contributed by atoms with Crippen molar-refractivity contribution in [2.45, 2.75) is 26.4 Å². The lowest BCUT2D eigenvalue weighted by molar-refractivity contribution is -0.133. The molecule has 1 N–H and O–H groups in total. The molecule has 3 aromatic rings. The quantitative estimate of drug-likeness (QED) is 0.401. The number of hydrogen-bond acceptors (Lipinski definition) is 5. The number of para-hydroxylation sites is 1. The van der Waals surface area contributed by atoms with Gasteiger partial charge in [-0.2, -0.15) is 0 Å². The monoisotopic (exact) mass is 522 g/mol.